The Hall–Kier alpha value is -0.930. The minimum atomic E-state index is 0.256. The van der Waals surface area contributed by atoms with Crippen molar-refractivity contribution in [3.63, 3.8) is 0 Å². The van der Waals surface area contributed by atoms with Gasteiger partial charge in [-0.1, -0.05) is 19.1 Å². The predicted molar refractivity (Wildman–Crippen MR) is 56.6 cm³/mol. The molecule has 0 aliphatic heterocycles. The first-order valence-corrected chi connectivity index (χ1v) is 4.84. The van der Waals surface area contributed by atoms with Gasteiger partial charge in [-0.25, -0.2) is 0 Å². The minimum absolute atomic E-state index is 0.256. The number of phenols is 1. The third-order valence-electron chi connectivity index (χ3n) is 1.69. The monoisotopic (exact) mass is 196 g/mol. The van der Waals surface area contributed by atoms with Crippen LogP contribution in [0.2, 0.25) is 0 Å². The fourth-order valence-electron chi connectivity index (χ4n) is 0.949. The SMILES string of the molecule is CC/C(=C/c1ccc(O)cc1)SO. The Morgan fingerprint density at radius 3 is 2.46 bits per heavy atom. The second kappa shape index (κ2) is 4.94. The summed E-state index contributed by atoms with van der Waals surface area (Å²) in [5.41, 5.74) is 0.983. The molecule has 13 heavy (non-hydrogen) atoms. The Labute approximate surface area is 82.1 Å². The van der Waals surface area contributed by atoms with Crippen molar-refractivity contribution >= 4 is 18.1 Å². The molecule has 2 N–H and O–H groups in total. The summed E-state index contributed by atoms with van der Waals surface area (Å²) in [6.45, 7) is 1.98. The molecule has 0 heterocycles. The van der Waals surface area contributed by atoms with Crippen LogP contribution in [0.4, 0.5) is 0 Å². The standard InChI is InChI=1S/C10H12O2S/c1-2-10(13-12)7-8-3-5-9(11)6-4-8/h3-7,11-12H,2H2,1H3/b10-7-. The summed E-state index contributed by atoms with van der Waals surface area (Å²) in [6.07, 6.45) is 2.70. The lowest BCUT2D eigenvalue weighted by atomic mass is 10.2. The van der Waals surface area contributed by atoms with E-state index >= 15 is 0 Å². The first-order chi connectivity index (χ1) is 6.26. The molecular formula is C10H12O2S. The molecule has 2 nitrogen and oxygen atoms in total. The van der Waals surface area contributed by atoms with Crippen LogP contribution in [-0.4, -0.2) is 9.66 Å². The van der Waals surface area contributed by atoms with Gasteiger partial charge in [0, 0.05) is 16.9 Å². The number of aromatic hydroxyl groups is 1. The summed E-state index contributed by atoms with van der Waals surface area (Å²) in [5, 5.41) is 9.03. The van der Waals surface area contributed by atoms with E-state index in [1.807, 2.05) is 13.0 Å². The van der Waals surface area contributed by atoms with Gasteiger partial charge in [0.05, 0.1) is 0 Å². The summed E-state index contributed by atoms with van der Waals surface area (Å²) in [5.74, 6) is 0.256. The first kappa shape index (κ1) is 10.2. The Kier molecular flexibility index (Phi) is 3.86. The average Bonchev–Trinajstić information content (AvgIpc) is 2.17. The van der Waals surface area contributed by atoms with Gasteiger partial charge in [-0.05, 0) is 30.2 Å². The van der Waals surface area contributed by atoms with Crippen LogP contribution in [0.3, 0.4) is 0 Å². The van der Waals surface area contributed by atoms with Crippen LogP contribution in [0.15, 0.2) is 29.2 Å². The van der Waals surface area contributed by atoms with Crippen molar-refractivity contribution in [3.8, 4) is 5.75 Å². The van der Waals surface area contributed by atoms with Crippen molar-refractivity contribution in [1.82, 2.24) is 0 Å². The van der Waals surface area contributed by atoms with Gasteiger partial charge in [-0.15, -0.1) is 0 Å². The molecule has 3 heteroatoms. The molecule has 0 aromatic heterocycles. The van der Waals surface area contributed by atoms with Crippen molar-refractivity contribution < 1.29 is 9.66 Å². The van der Waals surface area contributed by atoms with Gasteiger partial charge < -0.3 is 9.66 Å². The highest BCUT2D eigenvalue weighted by Gasteiger charge is 1.94. The molecule has 0 bridgehead atoms. The number of benzene rings is 1. The van der Waals surface area contributed by atoms with Crippen LogP contribution in [0.1, 0.15) is 18.9 Å². The van der Waals surface area contributed by atoms with Gasteiger partial charge in [-0.3, -0.25) is 0 Å². The smallest absolute Gasteiger partial charge is 0.115 e. The predicted octanol–water partition coefficient (Wildman–Crippen LogP) is 3.35. The molecule has 70 valence electrons. The van der Waals surface area contributed by atoms with E-state index in [1.165, 1.54) is 0 Å². The van der Waals surface area contributed by atoms with Gasteiger partial charge >= 0.3 is 0 Å². The highest BCUT2D eigenvalue weighted by atomic mass is 32.2. The molecule has 0 amide bonds. The molecule has 0 radical (unpaired) electrons. The number of phenolic OH excluding ortho intramolecular Hbond substituents is 1. The van der Waals surface area contributed by atoms with E-state index < -0.39 is 0 Å². The maximum atomic E-state index is 9.03. The minimum Gasteiger partial charge on any atom is -0.508 e. The molecule has 1 aromatic rings. The van der Waals surface area contributed by atoms with Crippen LogP contribution >= 0.6 is 12.0 Å². The maximum absolute atomic E-state index is 9.03. The molecule has 0 saturated heterocycles. The highest BCUT2D eigenvalue weighted by molar-refractivity contribution is 7.97. The van der Waals surface area contributed by atoms with E-state index in [-0.39, 0.29) is 5.75 Å². The lowest BCUT2D eigenvalue weighted by molar-refractivity contribution is 0.475. The second-order valence-corrected chi connectivity index (χ2v) is 3.35. The molecule has 0 aliphatic carbocycles. The van der Waals surface area contributed by atoms with E-state index in [1.54, 1.807) is 24.3 Å². The second-order valence-electron chi connectivity index (χ2n) is 2.65. The van der Waals surface area contributed by atoms with Crippen LogP contribution in [-0.2, 0) is 0 Å². The first-order valence-electron chi connectivity index (χ1n) is 4.07. The molecule has 0 aliphatic rings. The fraction of sp³-hybridized carbons (Fsp3) is 0.200. The normalized spacial score (nSPS) is 11.7. The van der Waals surface area contributed by atoms with Gasteiger partial charge in [-0.2, -0.15) is 0 Å². The molecule has 1 aromatic carbocycles. The molecular weight excluding hydrogens is 184 g/mol. The number of rotatable bonds is 3. The van der Waals surface area contributed by atoms with Crippen LogP contribution < -0.4 is 0 Å². The number of allylic oxidation sites excluding steroid dienone is 1. The Bertz CT molecular complexity index is 284. The van der Waals surface area contributed by atoms with Crippen LogP contribution in [0.5, 0.6) is 5.75 Å². The summed E-state index contributed by atoms with van der Waals surface area (Å²) in [7, 11) is 0. The quantitative estimate of drug-likeness (QED) is 0.728. The largest absolute Gasteiger partial charge is 0.508 e. The fourth-order valence-corrected chi connectivity index (χ4v) is 1.27. The van der Waals surface area contributed by atoms with Crippen molar-refractivity contribution in [3.05, 3.63) is 34.7 Å². The van der Waals surface area contributed by atoms with E-state index in [0.717, 1.165) is 28.9 Å². The van der Waals surface area contributed by atoms with Crippen LogP contribution in [0, 0.1) is 0 Å². The Morgan fingerprint density at radius 1 is 1.38 bits per heavy atom. The molecule has 0 atom stereocenters. The summed E-state index contributed by atoms with van der Waals surface area (Å²) in [6, 6.07) is 6.87. The third kappa shape index (κ3) is 3.13. The number of hydrogen-bond acceptors (Lipinski definition) is 3. The lowest BCUT2D eigenvalue weighted by Gasteiger charge is -1.98. The zero-order chi connectivity index (χ0) is 9.68. The number of hydrogen-bond donors (Lipinski definition) is 2. The molecule has 0 spiro atoms. The zero-order valence-electron chi connectivity index (χ0n) is 7.40. The topological polar surface area (TPSA) is 40.5 Å². The average molecular weight is 196 g/mol. The van der Waals surface area contributed by atoms with Gasteiger partial charge in [0.15, 0.2) is 0 Å². The highest BCUT2D eigenvalue weighted by Crippen LogP contribution is 2.20. The zero-order valence-corrected chi connectivity index (χ0v) is 8.21. The van der Waals surface area contributed by atoms with Crippen molar-refractivity contribution in [1.29, 1.82) is 0 Å². The Balaban J connectivity index is 2.84. The van der Waals surface area contributed by atoms with Crippen molar-refractivity contribution in [2.45, 2.75) is 13.3 Å². The van der Waals surface area contributed by atoms with Crippen molar-refractivity contribution in [2.75, 3.05) is 0 Å². The summed E-state index contributed by atoms with van der Waals surface area (Å²) < 4.78 is 8.84. The summed E-state index contributed by atoms with van der Waals surface area (Å²) >= 11 is 0.768. The van der Waals surface area contributed by atoms with Crippen LogP contribution in [0.25, 0.3) is 6.08 Å². The van der Waals surface area contributed by atoms with Crippen molar-refractivity contribution in [2.24, 2.45) is 0 Å². The van der Waals surface area contributed by atoms with Gasteiger partial charge in [0.1, 0.15) is 5.75 Å². The molecule has 0 saturated carbocycles. The summed E-state index contributed by atoms with van der Waals surface area (Å²) in [4.78, 5) is 0.908. The maximum Gasteiger partial charge on any atom is 0.115 e. The molecule has 0 unspecified atom stereocenters. The molecule has 0 fully saturated rings. The van der Waals surface area contributed by atoms with E-state index in [4.69, 9.17) is 9.66 Å². The molecule has 1 rings (SSSR count). The third-order valence-corrected chi connectivity index (χ3v) is 2.33. The Morgan fingerprint density at radius 2 is 2.00 bits per heavy atom. The van der Waals surface area contributed by atoms with Gasteiger partial charge in [0.25, 0.3) is 0 Å². The van der Waals surface area contributed by atoms with E-state index in [9.17, 15) is 0 Å². The van der Waals surface area contributed by atoms with E-state index in [2.05, 4.69) is 0 Å². The van der Waals surface area contributed by atoms with Gasteiger partial charge in [0.2, 0.25) is 0 Å². The lowest BCUT2D eigenvalue weighted by Crippen LogP contribution is -1.75. The van der Waals surface area contributed by atoms with E-state index in [0.29, 0.717) is 0 Å².